The van der Waals surface area contributed by atoms with E-state index in [1.165, 1.54) is 18.5 Å². The SMILES string of the molecule is CCCCN(CC)c1ccc(N=Cc2c(O)[nH]c3ccccc23)cc1. The number of nitrogens with one attached hydrogen (secondary N) is 1. The van der Waals surface area contributed by atoms with Crippen LogP contribution in [0.15, 0.2) is 53.5 Å². The van der Waals surface area contributed by atoms with Crippen molar-refractivity contribution in [3.63, 3.8) is 0 Å². The Bertz CT molecular complexity index is 849. The third kappa shape index (κ3) is 3.85. The van der Waals surface area contributed by atoms with E-state index < -0.39 is 0 Å². The molecule has 2 aromatic carbocycles. The topological polar surface area (TPSA) is 51.6 Å². The highest BCUT2D eigenvalue weighted by Crippen LogP contribution is 2.26. The minimum Gasteiger partial charge on any atom is -0.494 e. The van der Waals surface area contributed by atoms with E-state index in [1.54, 1.807) is 6.21 Å². The van der Waals surface area contributed by atoms with Crippen LogP contribution in [0.5, 0.6) is 5.88 Å². The van der Waals surface area contributed by atoms with Crippen molar-refractivity contribution in [2.45, 2.75) is 26.7 Å². The fourth-order valence-electron chi connectivity index (χ4n) is 2.99. The Morgan fingerprint density at radius 2 is 1.84 bits per heavy atom. The number of anilines is 1. The summed E-state index contributed by atoms with van der Waals surface area (Å²) >= 11 is 0. The van der Waals surface area contributed by atoms with E-state index in [-0.39, 0.29) is 5.88 Å². The van der Waals surface area contributed by atoms with Gasteiger partial charge in [0.15, 0.2) is 5.88 Å². The summed E-state index contributed by atoms with van der Waals surface area (Å²) in [6, 6.07) is 16.1. The molecule has 0 unspecified atom stereocenters. The van der Waals surface area contributed by atoms with Crippen molar-refractivity contribution in [2.75, 3.05) is 18.0 Å². The molecule has 0 spiro atoms. The summed E-state index contributed by atoms with van der Waals surface area (Å²) in [4.78, 5) is 9.87. The van der Waals surface area contributed by atoms with Gasteiger partial charge >= 0.3 is 0 Å². The molecule has 0 atom stereocenters. The van der Waals surface area contributed by atoms with E-state index in [2.05, 4.69) is 40.9 Å². The van der Waals surface area contributed by atoms with Crippen LogP contribution in [0.3, 0.4) is 0 Å². The molecule has 0 amide bonds. The lowest BCUT2D eigenvalue weighted by Gasteiger charge is -2.22. The lowest BCUT2D eigenvalue weighted by molar-refractivity contribution is 0.457. The summed E-state index contributed by atoms with van der Waals surface area (Å²) in [5, 5.41) is 11.1. The number of aliphatic imine (C=N–C) groups is 1. The molecule has 1 heterocycles. The first-order valence-corrected chi connectivity index (χ1v) is 8.91. The maximum absolute atomic E-state index is 10.1. The van der Waals surface area contributed by atoms with Gasteiger partial charge in [-0.05, 0) is 43.7 Å². The molecule has 0 aliphatic rings. The average Bonchev–Trinajstić information content (AvgIpc) is 2.96. The standard InChI is InChI=1S/C21H25N3O/c1-3-5-14-24(4-2)17-12-10-16(11-13-17)22-15-19-18-8-6-7-9-20(18)23-21(19)25/h6-13,15,23,25H,3-5,14H2,1-2H3. The second-order valence-electron chi connectivity index (χ2n) is 6.14. The lowest BCUT2D eigenvalue weighted by Crippen LogP contribution is -2.23. The predicted molar refractivity (Wildman–Crippen MR) is 106 cm³/mol. The van der Waals surface area contributed by atoms with Crippen LogP contribution in [0.25, 0.3) is 10.9 Å². The van der Waals surface area contributed by atoms with Crippen LogP contribution in [0.1, 0.15) is 32.3 Å². The zero-order valence-electron chi connectivity index (χ0n) is 14.9. The fraction of sp³-hybridized carbons (Fsp3) is 0.286. The Balaban J connectivity index is 1.78. The largest absolute Gasteiger partial charge is 0.494 e. The van der Waals surface area contributed by atoms with Gasteiger partial charge in [0, 0.05) is 35.9 Å². The number of H-pyrrole nitrogens is 1. The number of fused-ring (bicyclic) bond motifs is 1. The third-order valence-corrected chi connectivity index (χ3v) is 4.45. The van der Waals surface area contributed by atoms with Crippen LogP contribution in [0, 0.1) is 0 Å². The molecule has 4 nitrogen and oxygen atoms in total. The summed E-state index contributed by atoms with van der Waals surface area (Å²) in [7, 11) is 0. The summed E-state index contributed by atoms with van der Waals surface area (Å²) in [6.45, 7) is 6.48. The summed E-state index contributed by atoms with van der Waals surface area (Å²) < 4.78 is 0. The fourth-order valence-corrected chi connectivity index (χ4v) is 2.99. The number of para-hydroxylation sites is 1. The van der Waals surface area contributed by atoms with Crippen molar-refractivity contribution in [3.8, 4) is 5.88 Å². The number of unbranched alkanes of at least 4 members (excludes halogenated alkanes) is 1. The van der Waals surface area contributed by atoms with E-state index in [9.17, 15) is 5.11 Å². The molecule has 25 heavy (non-hydrogen) atoms. The van der Waals surface area contributed by atoms with Gasteiger partial charge in [-0.3, -0.25) is 4.99 Å². The monoisotopic (exact) mass is 335 g/mol. The smallest absolute Gasteiger partial charge is 0.198 e. The van der Waals surface area contributed by atoms with E-state index in [1.807, 2.05) is 36.4 Å². The number of aromatic hydroxyl groups is 1. The van der Waals surface area contributed by atoms with Gasteiger partial charge in [0.2, 0.25) is 0 Å². The van der Waals surface area contributed by atoms with E-state index >= 15 is 0 Å². The molecular formula is C21H25N3O. The first kappa shape index (κ1) is 17.1. The van der Waals surface area contributed by atoms with Crippen molar-refractivity contribution >= 4 is 28.5 Å². The maximum atomic E-state index is 10.1. The normalized spacial score (nSPS) is 11.4. The molecule has 130 valence electrons. The van der Waals surface area contributed by atoms with Gasteiger partial charge in [-0.25, -0.2) is 0 Å². The van der Waals surface area contributed by atoms with Crippen molar-refractivity contribution in [2.24, 2.45) is 4.99 Å². The number of aromatic nitrogens is 1. The van der Waals surface area contributed by atoms with Gasteiger partial charge in [-0.1, -0.05) is 31.5 Å². The van der Waals surface area contributed by atoms with Gasteiger partial charge in [-0.15, -0.1) is 0 Å². The number of aromatic amines is 1. The predicted octanol–water partition coefficient (Wildman–Crippen LogP) is 5.25. The van der Waals surface area contributed by atoms with Crippen LogP contribution >= 0.6 is 0 Å². The van der Waals surface area contributed by atoms with Gasteiger partial charge in [0.25, 0.3) is 0 Å². The first-order chi connectivity index (χ1) is 12.2. The minimum atomic E-state index is 0.151. The Hall–Kier alpha value is -2.75. The highest BCUT2D eigenvalue weighted by molar-refractivity contribution is 6.02. The van der Waals surface area contributed by atoms with Gasteiger partial charge in [0.1, 0.15) is 0 Å². The molecule has 0 saturated heterocycles. The number of rotatable bonds is 7. The third-order valence-electron chi connectivity index (χ3n) is 4.45. The van der Waals surface area contributed by atoms with Crippen LogP contribution in [0.4, 0.5) is 11.4 Å². The second kappa shape index (κ2) is 7.88. The number of hydrogen-bond donors (Lipinski definition) is 2. The summed E-state index contributed by atoms with van der Waals surface area (Å²) in [6.07, 6.45) is 4.12. The Kier molecular flexibility index (Phi) is 5.39. The zero-order valence-corrected chi connectivity index (χ0v) is 14.9. The molecule has 0 bridgehead atoms. The van der Waals surface area contributed by atoms with E-state index in [4.69, 9.17) is 0 Å². The van der Waals surface area contributed by atoms with Crippen molar-refractivity contribution in [3.05, 3.63) is 54.1 Å². The Morgan fingerprint density at radius 3 is 2.56 bits per heavy atom. The van der Waals surface area contributed by atoms with Crippen LogP contribution in [-0.2, 0) is 0 Å². The molecule has 1 aromatic heterocycles. The summed E-state index contributed by atoms with van der Waals surface area (Å²) in [5.41, 5.74) is 3.73. The van der Waals surface area contributed by atoms with Gasteiger partial charge in [-0.2, -0.15) is 0 Å². The van der Waals surface area contributed by atoms with Crippen molar-refractivity contribution < 1.29 is 5.11 Å². The molecule has 0 aliphatic heterocycles. The molecule has 3 aromatic rings. The molecule has 0 fully saturated rings. The molecule has 3 rings (SSSR count). The molecule has 0 radical (unpaired) electrons. The Morgan fingerprint density at radius 1 is 1.08 bits per heavy atom. The molecular weight excluding hydrogens is 310 g/mol. The summed E-state index contributed by atoms with van der Waals surface area (Å²) in [5.74, 6) is 0.151. The van der Waals surface area contributed by atoms with Crippen molar-refractivity contribution in [1.82, 2.24) is 4.98 Å². The Labute approximate surface area is 148 Å². The van der Waals surface area contributed by atoms with Crippen LogP contribution in [-0.4, -0.2) is 29.4 Å². The quantitative estimate of drug-likeness (QED) is 0.579. The van der Waals surface area contributed by atoms with E-state index in [0.717, 1.165) is 35.2 Å². The highest BCUT2D eigenvalue weighted by Gasteiger charge is 2.08. The molecule has 0 aliphatic carbocycles. The van der Waals surface area contributed by atoms with Crippen LogP contribution < -0.4 is 4.90 Å². The lowest BCUT2D eigenvalue weighted by atomic mass is 10.2. The number of nitrogens with zero attached hydrogens (tertiary/aromatic N) is 2. The zero-order chi connectivity index (χ0) is 17.6. The molecule has 4 heteroatoms. The first-order valence-electron chi connectivity index (χ1n) is 8.91. The average molecular weight is 335 g/mol. The van der Waals surface area contributed by atoms with Crippen molar-refractivity contribution in [1.29, 1.82) is 0 Å². The minimum absolute atomic E-state index is 0.151. The highest BCUT2D eigenvalue weighted by atomic mass is 16.3. The molecule has 0 saturated carbocycles. The number of benzene rings is 2. The van der Waals surface area contributed by atoms with E-state index in [0.29, 0.717) is 0 Å². The second-order valence-corrected chi connectivity index (χ2v) is 6.14. The van der Waals surface area contributed by atoms with Gasteiger partial charge < -0.3 is 15.0 Å². The molecule has 2 N–H and O–H groups in total. The van der Waals surface area contributed by atoms with Crippen LogP contribution in [0.2, 0.25) is 0 Å². The maximum Gasteiger partial charge on any atom is 0.198 e. The van der Waals surface area contributed by atoms with Gasteiger partial charge in [0.05, 0.1) is 11.3 Å². The number of hydrogen-bond acceptors (Lipinski definition) is 3.